The van der Waals surface area contributed by atoms with E-state index in [-0.39, 0.29) is 7.43 Å². The van der Waals surface area contributed by atoms with Crippen molar-refractivity contribution in [2.24, 2.45) is 0 Å². The minimum absolute atomic E-state index is 0. The molecule has 33 heavy (non-hydrogen) atoms. The van der Waals surface area contributed by atoms with Crippen LogP contribution in [0.2, 0.25) is 0 Å². The standard InChI is InChI=1S/C30H22OS.CH4/c1-20-17-23-11-8-15-27(30(23)31-19-32-28-16-7-6-12-24(20)28)29-25-13-4-2-9-21(25)18-22-10-3-5-14-26(22)29;/h2-18H,19H2,1H3;1H4/b20-17+;. The van der Waals surface area contributed by atoms with Crippen molar-refractivity contribution in [3.05, 3.63) is 108 Å². The number of hydrogen-bond donors (Lipinski definition) is 0. The van der Waals surface area contributed by atoms with Gasteiger partial charge >= 0.3 is 0 Å². The molecule has 0 aromatic heterocycles. The van der Waals surface area contributed by atoms with Crippen molar-refractivity contribution in [1.29, 1.82) is 0 Å². The zero-order chi connectivity index (χ0) is 21.5. The van der Waals surface area contributed by atoms with E-state index >= 15 is 0 Å². The summed E-state index contributed by atoms with van der Waals surface area (Å²) in [4.78, 5) is 1.26. The third kappa shape index (κ3) is 3.71. The fourth-order valence-electron chi connectivity index (χ4n) is 4.71. The van der Waals surface area contributed by atoms with Crippen LogP contribution in [0.25, 0.3) is 44.3 Å². The summed E-state index contributed by atoms with van der Waals surface area (Å²) in [5, 5.41) is 4.99. The largest absolute Gasteiger partial charge is 0.481 e. The van der Waals surface area contributed by atoms with E-state index in [0.29, 0.717) is 5.94 Å². The van der Waals surface area contributed by atoms with E-state index in [2.05, 4.69) is 110 Å². The number of para-hydroxylation sites is 1. The second-order valence-corrected chi connectivity index (χ2v) is 9.11. The first-order valence-electron chi connectivity index (χ1n) is 10.9. The average Bonchev–Trinajstić information content (AvgIpc) is 2.90. The molecule has 0 atom stereocenters. The molecule has 0 spiro atoms. The van der Waals surface area contributed by atoms with E-state index < -0.39 is 0 Å². The second-order valence-electron chi connectivity index (χ2n) is 8.15. The minimum Gasteiger partial charge on any atom is -0.481 e. The monoisotopic (exact) mass is 446 g/mol. The van der Waals surface area contributed by atoms with Gasteiger partial charge in [-0.05, 0) is 57.8 Å². The van der Waals surface area contributed by atoms with Crippen LogP contribution < -0.4 is 4.74 Å². The Balaban J connectivity index is 0.00000228. The first-order valence-corrected chi connectivity index (χ1v) is 11.9. The van der Waals surface area contributed by atoms with Gasteiger partial charge in [0.1, 0.15) is 11.7 Å². The summed E-state index contributed by atoms with van der Waals surface area (Å²) in [6.07, 6.45) is 2.26. The van der Waals surface area contributed by atoms with E-state index in [1.165, 1.54) is 43.1 Å². The van der Waals surface area contributed by atoms with Crippen molar-refractivity contribution in [3.8, 4) is 16.9 Å². The van der Waals surface area contributed by atoms with Crippen molar-refractivity contribution in [1.82, 2.24) is 0 Å². The number of rotatable bonds is 1. The van der Waals surface area contributed by atoms with Crippen molar-refractivity contribution < 1.29 is 4.74 Å². The molecule has 0 radical (unpaired) electrons. The molecule has 0 N–H and O–H groups in total. The molecule has 0 fully saturated rings. The molecule has 0 saturated heterocycles. The maximum absolute atomic E-state index is 6.52. The maximum atomic E-state index is 6.52. The highest BCUT2D eigenvalue weighted by molar-refractivity contribution is 7.99. The summed E-state index contributed by atoms with van der Waals surface area (Å²) in [6.45, 7) is 2.19. The Kier molecular flexibility index (Phi) is 5.70. The van der Waals surface area contributed by atoms with Crippen molar-refractivity contribution in [2.45, 2.75) is 19.2 Å². The van der Waals surface area contributed by atoms with Crippen molar-refractivity contribution in [2.75, 3.05) is 5.94 Å². The quantitative estimate of drug-likeness (QED) is 0.237. The van der Waals surface area contributed by atoms with Crippen LogP contribution in [0.3, 0.4) is 0 Å². The summed E-state index contributed by atoms with van der Waals surface area (Å²) in [5.74, 6) is 1.53. The summed E-state index contributed by atoms with van der Waals surface area (Å²) in [7, 11) is 0. The molecule has 0 aliphatic carbocycles. The molecule has 1 aliphatic heterocycles. The van der Waals surface area contributed by atoms with Crippen LogP contribution in [0.4, 0.5) is 0 Å². The lowest BCUT2D eigenvalue weighted by Crippen LogP contribution is -1.98. The Morgan fingerprint density at radius 1 is 0.697 bits per heavy atom. The molecule has 162 valence electrons. The van der Waals surface area contributed by atoms with E-state index in [1.807, 2.05) is 0 Å². The van der Waals surface area contributed by atoms with Crippen LogP contribution in [0.1, 0.15) is 25.5 Å². The zero-order valence-electron chi connectivity index (χ0n) is 17.8. The number of hydrogen-bond acceptors (Lipinski definition) is 2. The maximum Gasteiger partial charge on any atom is 0.138 e. The molecule has 1 nitrogen and oxygen atoms in total. The van der Waals surface area contributed by atoms with E-state index in [4.69, 9.17) is 4.74 Å². The number of allylic oxidation sites excluding steroid dienone is 1. The highest BCUT2D eigenvalue weighted by atomic mass is 32.2. The first kappa shape index (κ1) is 21.4. The third-order valence-corrected chi connectivity index (χ3v) is 7.09. The Morgan fingerprint density at radius 3 is 2.09 bits per heavy atom. The summed E-state index contributed by atoms with van der Waals surface area (Å²) >= 11 is 1.75. The first-order chi connectivity index (χ1) is 15.8. The number of fused-ring (bicyclic) bond motifs is 4. The fourth-order valence-corrected chi connectivity index (χ4v) is 5.57. The average molecular weight is 447 g/mol. The fraction of sp³-hybridized carbons (Fsp3) is 0.0968. The van der Waals surface area contributed by atoms with Crippen LogP contribution >= 0.6 is 11.8 Å². The zero-order valence-corrected chi connectivity index (χ0v) is 18.7. The number of ether oxygens (including phenoxy) is 1. The molecule has 2 heteroatoms. The molecule has 5 aromatic rings. The summed E-state index contributed by atoms with van der Waals surface area (Å²) in [5.41, 5.74) is 6.03. The van der Waals surface area contributed by atoms with Crippen LogP contribution in [-0.4, -0.2) is 5.94 Å². The van der Waals surface area contributed by atoms with Gasteiger partial charge in [0.05, 0.1) is 0 Å². The Morgan fingerprint density at radius 2 is 1.33 bits per heavy atom. The van der Waals surface area contributed by atoms with Gasteiger partial charge in [-0.1, -0.05) is 104 Å². The van der Waals surface area contributed by atoms with Gasteiger partial charge in [-0.25, -0.2) is 0 Å². The van der Waals surface area contributed by atoms with Gasteiger partial charge in [-0.15, -0.1) is 0 Å². The predicted molar refractivity (Wildman–Crippen MR) is 145 cm³/mol. The molecular weight excluding hydrogens is 420 g/mol. The van der Waals surface area contributed by atoms with Gasteiger partial charge in [-0.3, -0.25) is 0 Å². The SMILES string of the molecule is C.C/C1=C\c2cccc(-c3c4ccccc4cc4ccccc34)c2OCSc2ccccc21. The molecule has 0 bridgehead atoms. The molecule has 0 unspecified atom stereocenters. The highest BCUT2D eigenvalue weighted by Gasteiger charge is 2.18. The molecule has 1 aliphatic rings. The highest BCUT2D eigenvalue weighted by Crippen LogP contribution is 2.44. The van der Waals surface area contributed by atoms with Gasteiger partial charge in [0.15, 0.2) is 0 Å². The van der Waals surface area contributed by atoms with E-state index in [9.17, 15) is 0 Å². The van der Waals surface area contributed by atoms with Crippen LogP contribution in [-0.2, 0) is 0 Å². The molecule has 0 saturated carbocycles. The third-order valence-electron chi connectivity index (χ3n) is 6.19. The van der Waals surface area contributed by atoms with E-state index in [1.54, 1.807) is 11.8 Å². The molecule has 6 rings (SSSR count). The van der Waals surface area contributed by atoms with Crippen LogP contribution in [0.5, 0.6) is 5.75 Å². The predicted octanol–water partition coefficient (Wildman–Crippen LogP) is 9.30. The molecule has 5 aromatic carbocycles. The van der Waals surface area contributed by atoms with Crippen molar-refractivity contribution in [3.63, 3.8) is 0 Å². The van der Waals surface area contributed by atoms with Gasteiger partial charge < -0.3 is 4.74 Å². The van der Waals surface area contributed by atoms with Crippen LogP contribution in [0, 0.1) is 0 Å². The second kappa shape index (κ2) is 8.80. The van der Waals surface area contributed by atoms with Gasteiger partial charge in [0, 0.05) is 21.6 Å². The van der Waals surface area contributed by atoms with E-state index in [0.717, 1.165) is 16.9 Å². The summed E-state index contributed by atoms with van der Waals surface area (Å²) < 4.78 is 6.52. The Hall–Kier alpha value is -3.49. The summed E-state index contributed by atoms with van der Waals surface area (Å²) in [6, 6.07) is 34.7. The van der Waals surface area contributed by atoms with Crippen molar-refractivity contribution >= 4 is 45.0 Å². The molecule has 1 heterocycles. The number of thioether (sulfide) groups is 1. The lowest BCUT2D eigenvalue weighted by Gasteiger charge is -2.18. The lowest BCUT2D eigenvalue weighted by molar-refractivity contribution is 0.394. The van der Waals surface area contributed by atoms with Gasteiger partial charge in [-0.2, -0.15) is 0 Å². The smallest absolute Gasteiger partial charge is 0.138 e. The van der Waals surface area contributed by atoms with Gasteiger partial charge in [0.2, 0.25) is 0 Å². The normalized spacial score (nSPS) is 14.5. The molecular formula is C31H26OS. The topological polar surface area (TPSA) is 9.23 Å². The Bertz CT molecular complexity index is 1460. The molecule has 0 amide bonds. The minimum atomic E-state index is 0. The Labute approximate surface area is 199 Å². The van der Waals surface area contributed by atoms with Crippen LogP contribution in [0.15, 0.2) is 102 Å². The van der Waals surface area contributed by atoms with Gasteiger partial charge in [0.25, 0.3) is 0 Å². The number of benzene rings is 5. The lowest BCUT2D eigenvalue weighted by atomic mass is 9.90.